The Hall–Kier alpha value is -2.34. The van der Waals surface area contributed by atoms with Crippen molar-refractivity contribution >= 4 is 41.5 Å². The first-order valence-corrected chi connectivity index (χ1v) is 12.0. The van der Waals surface area contributed by atoms with E-state index in [1.165, 1.54) is 0 Å². The lowest BCUT2D eigenvalue weighted by atomic mass is 10.0. The molecule has 12 heteroatoms. The third-order valence-corrected chi connectivity index (χ3v) is 6.86. The van der Waals surface area contributed by atoms with E-state index >= 15 is 0 Å². The standard InChI is InChI=1S/C10H16N2O4.C10H16N2O3S/c11-7-3-1-2-4-10(15)16-12-8(13)5-6-9(12)14;13-8(14)4-2-1-3-7-9-6(5-16-7)11-10(15)12-9/h1-7,11H2;6-7,9H,1-5H2,(H,13,14)(H2,11,12,15)/t;6-,7-,9-/m.0/s1. The Morgan fingerprint density at radius 1 is 1.03 bits per heavy atom. The average molecular weight is 473 g/mol. The molecule has 3 aliphatic heterocycles. The van der Waals surface area contributed by atoms with Crippen molar-refractivity contribution in [2.75, 3.05) is 12.3 Å². The molecule has 0 aromatic rings. The van der Waals surface area contributed by atoms with Crippen LogP contribution >= 0.6 is 11.8 Å². The molecule has 0 radical (unpaired) electrons. The molecule has 0 aromatic heterocycles. The highest BCUT2D eigenvalue weighted by Crippen LogP contribution is 2.33. The fourth-order valence-corrected chi connectivity index (χ4v) is 5.20. The number of unbranched alkanes of at least 4 members (excludes halogenated alkanes) is 3. The molecule has 4 amide bonds. The molecule has 0 aromatic carbocycles. The molecule has 0 bridgehead atoms. The van der Waals surface area contributed by atoms with Crippen molar-refractivity contribution in [3.05, 3.63) is 0 Å². The number of rotatable bonds is 11. The number of carboxylic acid groups (broad SMARTS) is 1. The number of amides is 4. The van der Waals surface area contributed by atoms with E-state index in [2.05, 4.69) is 15.5 Å². The third kappa shape index (κ3) is 8.30. The molecule has 5 N–H and O–H groups in total. The number of carboxylic acids is 1. The molecule has 0 aliphatic carbocycles. The number of carbonyl (C=O) groups excluding carboxylic acids is 4. The van der Waals surface area contributed by atoms with Crippen LogP contribution < -0.4 is 16.4 Å². The number of nitrogens with one attached hydrogen (secondary N) is 2. The van der Waals surface area contributed by atoms with Crippen LogP contribution in [-0.4, -0.2) is 69.6 Å². The van der Waals surface area contributed by atoms with E-state index in [-0.39, 0.29) is 43.8 Å². The minimum absolute atomic E-state index is 0.0640. The van der Waals surface area contributed by atoms with Gasteiger partial charge in [-0.3, -0.25) is 14.4 Å². The summed E-state index contributed by atoms with van der Waals surface area (Å²) >= 11 is 1.87. The first kappa shape index (κ1) is 25.9. The summed E-state index contributed by atoms with van der Waals surface area (Å²) in [5.41, 5.74) is 5.30. The van der Waals surface area contributed by atoms with Gasteiger partial charge in [-0.15, -0.1) is 5.06 Å². The molecule has 3 fully saturated rings. The van der Waals surface area contributed by atoms with Gasteiger partial charge in [0.05, 0.1) is 12.1 Å². The van der Waals surface area contributed by atoms with Crippen molar-refractivity contribution in [2.45, 2.75) is 81.5 Å². The van der Waals surface area contributed by atoms with Crippen molar-refractivity contribution in [3.8, 4) is 0 Å². The fraction of sp³-hybridized carbons (Fsp3) is 0.750. The molecule has 3 rings (SSSR count). The number of aliphatic carboxylic acids is 1. The number of carbonyl (C=O) groups is 5. The van der Waals surface area contributed by atoms with Crippen LogP contribution in [0.4, 0.5) is 4.79 Å². The van der Waals surface area contributed by atoms with Crippen LogP contribution in [0.15, 0.2) is 0 Å². The molecule has 32 heavy (non-hydrogen) atoms. The molecular weight excluding hydrogens is 440 g/mol. The summed E-state index contributed by atoms with van der Waals surface area (Å²) in [7, 11) is 0. The van der Waals surface area contributed by atoms with Gasteiger partial charge in [0.15, 0.2) is 0 Å². The first-order chi connectivity index (χ1) is 15.3. The van der Waals surface area contributed by atoms with Gasteiger partial charge in [-0.1, -0.05) is 12.8 Å². The second-order valence-electron chi connectivity index (χ2n) is 7.91. The number of hydroxylamine groups is 2. The van der Waals surface area contributed by atoms with E-state index in [1.807, 2.05) is 11.8 Å². The maximum atomic E-state index is 11.3. The van der Waals surface area contributed by atoms with Crippen molar-refractivity contribution in [2.24, 2.45) is 5.73 Å². The molecule has 0 spiro atoms. The highest BCUT2D eigenvalue weighted by molar-refractivity contribution is 8.00. The smallest absolute Gasteiger partial charge is 0.333 e. The lowest BCUT2D eigenvalue weighted by Gasteiger charge is -2.16. The number of nitrogens with two attached hydrogens (primary N) is 1. The number of hydrogen-bond acceptors (Lipinski definition) is 8. The number of fused-ring (bicyclic) bond motifs is 1. The maximum absolute atomic E-state index is 11.3. The van der Waals surface area contributed by atoms with E-state index in [0.29, 0.717) is 23.3 Å². The Balaban J connectivity index is 0.000000227. The highest BCUT2D eigenvalue weighted by Gasteiger charge is 2.42. The largest absolute Gasteiger partial charge is 0.481 e. The van der Waals surface area contributed by atoms with Gasteiger partial charge in [0.2, 0.25) is 0 Å². The second-order valence-corrected chi connectivity index (χ2v) is 9.18. The zero-order valence-corrected chi connectivity index (χ0v) is 18.9. The number of nitrogens with zero attached hydrogens (tertiary/aromatic N) is 1. The minimum atomic E-state index is -0.729. The lowest BCUT2D eigenvalue weighted by Crippen LogP contribution is -2.36. The van der Waals surface area contributed by atoms with Crippen LogP contribution in [0, 0.1) is 0 Å². The molecular formula is C20H32N4O7S. The Kier molecular flexibility index (Phi) is 10.7. The van der Waals surface area contributed by atoms with Crippen LogP contribution in [-0.2, 0) is 24.0 Å². The molecule has 3 aliphatic rings. The van der Waals surface area contributed by atoms with Crippen LogP contribution in [0.3, 0.4) is 0 Å². The summed E-state index contributed by atoms with van der Waals surface area (Å²) in [6.07, 6.45) is 5.69. The van der Waals surface area contributed by atoms with Gasteiger partial charge in [-0.05, 0) is 32.2 Å². The molecule has 11 nitrogen and oxygen atoms in total. The highest BCUT2D eigenvalue weighted by atomic mass is 32.2. The number of hydrogen-bond donors (Lipinski definition) is 4. The Labute approximate surface area is 191 Å². The summed E-state index contributed by atoms with van der Waals surface area (Å²) in [4.78, 5) is 59.6. The SMILES string of the molecule is NCCCCCC(=O)ON1C(=O)CCC1=O.O=C(O)CCCC[C@@H]1SC[C@@H]2NC(=O)N[C@@H]21. The van der Waals surface area contributed by atoms with Gasteiger partial charge in [0.25, 0.3) is 11.8 Å². The van der Waals surface area contributed by atoms with Crippen molar-refractivity contribution in [3.63, 3.8) is 0 Å². The summed E-state index contributed by atoms with van der Waals surface area (Å²) < 4.78 is 0. The van der Waals surface area contributed by atoms with Gasteiger partial charge in [-0.25, -0.2) is 9.59 Å². The third-order valence-electron chi connectivity index (χ3n) is 5.35. The summed E-state index contributed by atoms with van der Waals surface area (Å²) in [6.45, 7) is 0.595. The van der Waals surface area contributed by atoms with Crippen molar-refractivity contribution in [1.82, 2.24) is 15.7 Å². The number of urea groups is 1. The van der Waals surface area contributed by atoms with Gasteiger partial charge >= 0.3 is 18.0 Å². The predicted molar refractivity (Wildman–Crippen MR) is 116 cm³/mol. The van der Waals surface area contributed by atoms with Gasteiger partial charge in [0, 0.05) is 36.7 Å². The number of imide groups is 1. The van der Waals surface area contributed by atoms with E-state index in [0.717, 1.165) is 37.9 Å². The molecule has 0 saturated carbocycles. The summed E-state index contributed by atoms with van der Waals surface area (Å²) in [5, 5.41) is 15.4. The van der Waals surface area contributed by atoms with E-state index in [1.54, 1.807) is 0 Å². The zero-order valence-electron chi connectivity index (χ0n) is 18.0. The Morgan fingerprint density at radius 2 is 1.72 bits per heavy atom. The average Bonchev–Trinajstić information content (AvgIpc) is 3.39. The van der Waals surface area contributed by atoms with Crippen LogP contribution in [0.25, 0.3) is 0 Å². The molecule has 3 atom stereocenters. The fourth-order valence-electron chi connectivity index (χ4n) is 3.66. The Bertz CT molecular complexity index is 689. The monoisotopic (exact) mass is 472 g/mol. The Morgan fingerprint density at radius 3 is 2.38 bits per heavy atom. The minimum Gasteiger partial charge on any atom is -0.481 e. The van der Waals surface area contributed by atoms with E-state index in [9.17, 15) is 24.0 Å². The summed E-state index contributed by atoms with van der Waals surface area (Å²) in [6, 6.07) is 0.440. The molecule has 0 unspecified atom stereocenters. The normalized spacial score (nSPS) is 23.8. The van der Waals surface area contributed by atoms with Crippen molar-refractivity contribution in [1.29, 1.82) is 0 Å². The lowest BCUT2D eigenvalue weighted by molar-refractivity contribution is -0.197. The van der Waals surface area contributed by atoms with Gasteiger partial charge < -0.3 is 26.3 Å². The quantitative estimate of drug-likeness (QED) is 0.194. The van der Waals surface area contributed by atoms with E-state index in [4.69, 9.17) is 10.8 Å². The maximum Gasteiger partial charge on any atom is 0.333 e. The van der Waals surface area contributed by atoms with Gasteiger partial charge in [-0.2, -0.15) is 11.8 Å². The number of thioether (sulfide) groups is 1. The predicted octanol–water partition coefficient (Wildman–Crippen LogP) is 0.910. The van der Waals surface area contributed by atoms with Crippen LogP contribution in [0.2, 0.25) is 0 Å². The first-order valence-electron chi connectivity index (χ1n) is 11.0. The van der Waals surface area contributed by atoms with Gasteiger partial charge in [0.1, 0.15) is 0 Å². The van der Waals surface area contributed by atoms with Crippen LogP contribution in [0.1, 0.15) is 64.2 Å². The molecule has 180 valence electrons. The van der Waals surface area contributed by atoms with E-state index < -0.39 is 23.8 Å². The summed E-state index contributed by atoms with van der Waals surface area (Å²) in [5.74, 6) is -1.19. The topological polar surface area (TPSA) is 168 Å². The zero-order chi connectivity index (χ0) is 23.5. The molecule has 3 saturated heterocycles. The second kappa shape index (κ2) is 13.3. The van der Waals surface area contributed by atoms with Crippen LogP contribution in [0.5, 0.6) is 0 Å². The molecule has 3 heterocycles. The van der Waals surface area contributed by atoms with Crippen molar-refractivity contribution < 1.29 is 33.9 Å².